The Hall–Kier alpha value is -4.99. The Morgan fingerprint density at radius 1 is 1.19 bits per heavy atom. The summed E-state index contributed by atoms with van der Waals surface area (Å²) >= 11 is 0. The number of hydrogen-bond donors (Lipinski definition) is 3. The molecule has 2 aliphatic heterocycles. The van der Waals surface area contributed by atoms with E-state index in [-0.39, 0.29) is 37.6 Å². The minimum Gasteiger partial charge on any atom is -0.488 e. The predicted molar refractivity (Wildman–Crippen MR) is 183 cm³/mol. The Bertz CT molecular complexity index is 1760. The number of pyridine rings is 1. The average Bonchev–Trinajstić information content (AvgIpc) is 3.65. The Kier molecular flexibility index (Phi) is 9.61. The highest BCUT2D eigenvalue weighted by molar-refractivity contribution is 5.96. The third-order valence-corrected chi connectivity index (χ3v) is 9.60. The fourth-order valence-corrected chi connectivity index (χ4v) is 6.78. The zero-order valence-corrected chi connectivity index (χ0v) is 27.2. The molecule has 3 heterocycles. The van der Waals surface area contributed by atoms with Gasteiger partial charge in [0.05, 0.1) is 17.8 Å². The molecule has 3 amide bonds. The van der Waals surface area contributed by atoms with Crippen molar-refractivity contribution in [2.45, 2.75) is 82.0 Å². The molecule has 1 saturated carbocycles. The van der Waals surface area contributed by atoms with Crippen molar-refractivity contribution >= 4 is 40.7 Å². The second-order valence-corrected chi connectivity index (χ2v) is 13.0. The van der Waals surface area contributed by atoms with Gasteiger partial charge in [0.1, 0.15) is 29.5 Å². The zero-order chi connectivity index (χ0) is 33.8. The highest BCUT2D eigenvalue weighted by Gasteiger charge is 2.61. The van der Waals surface area contributed by atoms with E-state index in [9.17, 15) is 24.3 Å². The molecule has 10 heteroatoms. The van der Waals surface area contributed by atoms with Crippen LogP contribution in [0, 0.1) is 5.92 Å². The Balaban J connectivity index is 1.40. The molecule has 5 atom stereocenters. The van der Waals surface area contributed by atoms with E-state index in [0.717, 1.165) is 34.1 Å². The number of allylic oxidation sites excluding steroid dienone is 1. The van der Waals surface area contributed by atoms with Gasteiger partial charge < -0.3 is 25.4 Å². The number of aliphatic carboxylic acids is 1. The van der Waals surface area contributed by atoms with Crippen LogP contribution >= 0.6 is 0 Å². The van der Waals surface area contributed by atoms with Crippen molar-refractivity contribution in [1.29, 1.82) is 0 Å². The Labute approximate surface area is 280 Å². The summed E-state index contributed by atoms with van der Waals surface area (Å²) in [5, 5.41) is 16.5. The summed E-state index contributed by atoms with van der Waals surface area (Å²) in [7, 11) is 0. The van der Waals surface area contributed by atoms with Gasteiger partial charge in [0.15, 0.2) is 0 Å². The molecule has 48 heavy (non-hydrogen) atoms. The van der Waals surface area contributed by atoms with Gasteiger partial charge in [0.2, 0.25) is 17.7 Å². The number of rotatable bonds is 8. The van der Waals surface area contributed by atoms with Gasteiger partial charge in [-0.15, -0.1) is 6.58 Å². The molecule has 3 N–H and O–H groups in total. The van der Waals surface area contributed by atoms with Crippen LogP contribution in [-0.4, -0.2) is 69.0 Å². The standard InChI is InChI=1S/C38H42N4O6/c1-3-5-15-30-36(45)42-23-27(20-32(42)35(44)41-38(37(46)47)22-26(38)4-2)48-33-21-31(25-13-9-7-10-14-25)39-29-18-17-24(19-28(29)33)12-8-6-11-16-34(43)40-30/h4,7-10,12-14,17-19,21,26-27,30,32H,2-3,5-6,11,15-16,20,22-23H2,1H3,(H,40,43)(H,41,44)(H,46,47)/b12-8+/t26-,27-,30+,32+,38-/m1/s1. The van der Waals surface area contributed by atoms with Crippen molar-refractivity contribution in [3.8, 4) is 17.0 Å². The van der Waals surface area contributed by atoms with Crippen molar-refractivity contribution < 1.29 is 29.0 Å². The summed E-state index contributed by atoms with van der Waals surface area (Å²) in [6, 6.07) is 15.8. The molecular formula is C38H42N4O6. The number of hydrogen-bond acceptors (Lipinski definition) is 6. The zero-order valence-electron chi connectivity index (χ0n) is 27.2. The summed E-state index contributed by atoms with van der Waals surface area (Å²) in [5.41, 5.74) is 1.88. The first kappa shape index (κ1) is 32.9. The topological polar surface area (TPSA) is 138 Å². The molecule has 6 rings (SSSR count). The first-order valence-corrected chi connectivity index (χ1v) is 16.8. The van der Waals surface area contributed by atoms with Crippen LogP contribution in [0.25, 0.3) is 28.2 Å². The van der Waals surface area contributed by atoms with Crippen LogP contribution in [0.15, 0.2) is 73.3 Å². The van der Waals surface area contributed by atoms with Gasteiger partial charge in [-0.1, -0.05) is 74.4 Å². The number of benzene rings is 2. The molecule has 0 spiro atoms. The molecule has 3 aromatic rings. The number of amides is 3. The fourth-order valence-electron chi connectivity index (χ4n) is 6.78. The van der Waals surface area contributed by atoms with E-state index in [1.54, 1.807) is 0 Å². The second-order valence-electron chi connectivity index (χ2n) is 13.0. The molecule has 2 fully saturated rings. The fraction of sp³-hybridized carbons (Fsp3) is 0.395. The molecule has 3 aliphatic rings. The van der Waals surface area contributed by atoms with Gasteiger partial charge in [-0.05, 0) is 43.4 Å². The number of carboxylic acid groups (broad SMARTS) is 1. The number of aromatic nitrogens is 1. The highest BCUT2D eigenvalue weighted by Crippen LogP contribution is 2.45. The van der Waals surface area contributed by atoms with Crippen molar-refractivity contribution in [1.82, 2.24) is 20.5 Å². The number of carbonyl (C=O) groups excluding carboxylic acids is 3. The van der Waals surface area contributed by atoms with Gasteiger partial charge in [-0.3, -0.25) is 14.4 Å². The molecule has 0 unspecified atom stereocenters. The number of ether oxygens (including phenoxy) is 1. The van der Waals surface area contributed by atoms with Crippen LogP contribution < -0.4 is 15.4 Å². The third-order valence-electron chi connectivity index (χ3n) is 9.60. The third kappa shape index (κ3) is 6.83. The quantitative estimate of drug-likeness (QED) is 0.283. The van der Waals surface area contributed by atoms with Crippen LogP contribution in [-0.2, 0) is 19.2 Å². The molecule has 2 aromatic carbocycles. The summed E-state index contributed by atoms with van der Waals surface area (Å²) in [5.74, 6) is -2.13. The molecule has 10 nitrogen and oxygen atoms in total. The van der Waals surface area contributed by atoms with E-state index in [1.165, 1.54) is 11.0 Å². The van der Waals surface area contributed by atoms with Crippen molar-refractivity contribution in [2.75, 3.05) is 6.54 Å². The minimum absolute atomic E-state index is 0.0878. The smallest absolute Gasteiger partial charge is 0.330 e. The lowest BCUT2D eigenvalue weighted by molar-refractivity contribution is -0.146. The predicted octanol–water partition coefficient (Wildman–Crippen LogP) is 5.27. The van der Waals surface area contributed by atoms with Crippen LogP contribution in [0.2, 0.25) is 0 Å². The number of carbonyl (C=O) groups is 4. The molecule has 4 bridgehead atoms. The highest BCUT2D eigenvalue weighted by atomic mass is 16.5. The minimum atomic E-state index is -1.45. The van der Waals surface area contributed by atoms with Crippen LogP contribution in [0.1, 0.15) is 63.9 Å². The van der Waals surface area contributed by atoms with Crippen LogP contribution in [0.4, 0.5) is 0 Å². The first-order valence-electron chi connectivity index (χ1n) is 16.8. The number of carboxylic acids is 1. The monoisotopic (exact) mass is 650 g/mol. The van der Waals surface area contributed by atoms with E-state index in [0.29, 0.717) is 31.4 Å². The first-order chi connectivity index (χ1) is 23.2. The van der Waals surface area contributed by atoms with Gasteiger partial charge in [0.25, 0.3) is 0 Å². The van der Waals surface area contributed by atoms with Crippen LogP contribution in [0.3, 0.4) is 0 Å². The maximum absolute atomic E-state index is 14.2. The SMILES string of the molecule is C=C[C@@H]1C[C@]1(NC(=O)[C@@H]1C[C@@H]2CN1C(=O)[C@H](CCCC)NC(=O)CCC/C=C/c1ccc3nc(-c4ccccc4)cc(c3c1)O2)C(=O)O. The molecule has 0 radical (unpaired) electrons. The molecule has 1 saturated heterocycles. The summed E-state index contributed by atoms with van der Waals surface area (Å²) < 4.78 is 6.70. The molecule has 1 aromatic heterocycles. The lowest BCUT2D eigenvalue weighted by Gasteiger charge is -2.29. The Morgan fingerprint density at radius 3 is 2.73 bits per heavy atom. The van der Waals surface area contributed by atoms with Gasteiger partial charge >= 0.3 is 5.97 Å². The summed E-state index contributed by atoms with van der Waals surface area (Å²) in [6.45, 7) is 5.82. The van der Waals surface area contributed by atoms with Crippen molar-refractivity contribution in [3.05, 3.63) is 78.9 Å². The van der Waals surface area contributed by atoms with E-state index >= 15 is 0 Å². The lowest BCUT2D eigenvalue weighted by Crippen LogP contribution is -2.56. The summed E-state index contributed by atoms with van der Waals surface area (Å²) in [6.07, 6.45) is 8.88. The van der Waals surface area contributed by atoms with Crippen molar-refractivity contribution in [2.24, 2.45) is 5.92 Å². The molecule has 1 aliphatic carbocycles. The normalized spacial score (nSPS) is 26.3. The van der Waals surface area contributed by atoms with E-state index in [1.807, 2.05) is 73.7 Å². The maximum atomic E-state index is 14.2. The van der Waals surface area contributed by atoms with Gasteiger partial charge in [0, 0.05) is 35.8 Å². The Morgan fingerprint density at radius 2 is 2.00 bits per heavy atom. The largest absolute Gasteiger partial charge is 0.488 e. The van der Waals surface area contributed by atoms with Crippen LogP contribution in [0.5, 0.6) is 5.75 Å². The lowest BCUT2D eigenvalue weighted by atomic mass is 10.0. The van der Waals surface area contributed by atoms with Gasteiger partial charge in [-0.25, -0.2) is 9.78 Å². The van der Waals surface area contributed by atoms with E-state index in [2.05, 4.69) is 17.2 Å². The molecule has 250 valence electrons. The number of nitrogens with zero attached hydrogens (tertiary/aromatic N) is 2. The number of unbranched alkanes of at least 4 members (excludes halogenated alkanes) is 1. The van der Waals surface area contributed by atoms with Gasteiger partial charge in [-0.2, -0.15) is 0 Å². The van der Waals surface area contributed by atoms with E-state index in [4.69, 9.17) is 9.72 Å². The molecular weight excluding hydrogens is 608 g/mol. The average molecular weight is 651 g/mol. The summed E-state index contributed by atoms with van der Waals surface area (Å²) in [4.78, 5) is 59.8. The number of fused-ring (bicyclic) bond motifs is 3. The maximum Gasteiger partial charge on any atom is 0.330 e. The van der Waals surface area contributed by atoms with E-state index < -0.39 is 41.5 Å². The number of nitrogens with one attached hydrogen (secondary N) is 2. The van der Waals surface area contributed by atoms with Crippen molar-refractivity contribution in [3.63, 3.8) is 0 Å². The second kappa shape index (κ2) is 14.0.